The number of hydrogen-bond donors (Lipinski definition) is 1. The quantitative estimate of drug-likeness (QED) is 0.818. The fourth-order valence-electron chi connectivity index (χ4n) is 1.82. The smallest absolute Gasteiger partial charge is 0.0471 e. The highest BCUT2D eigenvalue weighted by Gasteiger charge is 2.11. The van der Waals surface area contributed by atoms with E-state index in [-0.39, 0.29) is 0 Å². The van der Waals surface area contributed by atoms with Crippen LogP contribution in [0, 0.1) is 0 Å². The summed E-state index contributed by atoms with van der Waals surface area (Å²) >= 11 is 8.23. The molecule has 4 heteroatoms. The van der Waals surface area contributed by atoms with Crippen LogP contribution in [0.15, 0.2) is 18.2 Å². The van der Waals surface area contributed by atoms with Crippen molar-refractivity contribution >= 4 is 29.1 Å². The van der Waals surface area contributed by atoms with Crippen molar-refractivity contribution in [2.45, 2.75) is 39.4 Å². The molecule has 1 atom stereocenters. The Hall–Kier alpha value is -0.380. The standard InChI is InChI=1S/C15H25ClN2S/c1-11(2)17-9-13-6-7-14(8-15(13)16)18(4)12(3)10-19-5/h6-8,11-12,17H,9-10H2,1-5H3. The molecule has 0 aliphatic rings. The molecule has 0 aliphatic heterocycles. The molecule has 1 aromatic rings. The topological polar surface area (TPSA) is 15.3 Å². The molecule has 0 saturated carbocycles. The van der Waals surface area contributed by atoms with Crippen molar-refractivity contribution in [3.8, 4) is 0 Å². The molecule has 0 spiro atoms. The van der Waals surface area contributed by atoms with E-state index in [1.54, 1.807) is 0 Å². The van der Waals surface area contributed by atoms with Crippen molar-refractivity contribution in [2.75, 3.05) is 24.0 Å². The van der Waals surface area contributed by atoms with Gasteiger partial charge in [0.1, 0.15) is 0 Å². The first-order valence-electron chi connectivity index (χ1n) is 6.69. The molecule has 19 heavy (non-hydrogen) atoms. The summed E-state index contributed by atoms with van der Waals surface area (Å²) in [5, 5.41) is 4.23. The Kier molecular flexibility index (Phi) is 7.05. The van der Waals surface area contributed by atoms with E-state index in [0.29, 0.717) is 12.1 Å². The third kappa shape index (κ3) is 5.25. The second-order valence-electron chi connectivity index (χ2n) is 5.23. The summed E-state index contributed by atoms with van der Waals surface area (Å²) in [6.07, 6.45) is 2.14. The summed E-state index contributed by atoms with van der Waals surface area (Å²) < 4.78 is 0. The number of rotatable bonds is 7. The SMILES string of the molecule is CSCC(C)N(C)c1ccc(CNC(C)C)c(Cl)c1. The van der Waals surface area contributed by atoms with Crippen molar-refractivity contribution in [2.24, 2.45) is 0 Å². The zero-order valence-electron chi connectivity index (χ0n) is 12.5. The van der Waals surface area contributed by atoms with Crippen molar-refractivity contribution < 1.29 is 0 Å². The molecule has 1 unspecified atom stereocenters. The van der Waals surface area contributed by atoms with Crippen LogP contribution in [0.5, 0.6) is 0 Å². The summed E-state index contributed by atoms with van der Waals surface area (Å²) in [7, 11) is 2.12. The van der Waals surface area contributed by atoms with Crippen LogP contribution in [0.2, 0.25) is 5.02 Å². The van der Waals surface area contributed by atoms with Crippen LogP contribution in [-0.2, 0) is 6.54 Å². The first-order chi connectivity index (χ1) is 8.95. The van der Waals surface area contributed by atoms with Crippen molar-refractivity contribution in [3.63, 3.8) is 0 Å². The Morgan fingerprint density at radius 1 is 1.32 bits per heavy atom. The molecule has 1 rings (SSSR count). The van der Waals surface area contributed by atoms with Crippen molar-refractivity contribution in [3.05, 3.63) is 28.8 Å². The van der Waals surface area contributed by atoms with Crippen LogP contribution in [0.1, 0.15) is 26.3 Å². The minimum atomic E-state index is 0.472. The maximum absolute atomic E-state index is 6.37. The van der Waals surface area contributed by atoms with Gasteiger partial charge in [0.25, 0.3) is 0 Å². The Morgan fingerprint density at radius 2 is 2.00 bits per heavy atom. The highest BCUT2D eigenvalue weighted by Crippen LogP contribution is 2.25. The molecule has 2 nitrogen and oxygen atoms in total. The Morgan fingerprint density at radius 3 is 2.53 bits per heavy atom. The average Bonchev–Trinajstić information content (AvgIpc) is 2.36. The van der Waals surface area contributed by atoms with E-state index in [0.717, 1.165) is 22.9 Å². The average molecular weight is 301 g/mol. The van der Waals surface area contributed by atoms with Gasteiger partial charge >= 0.3 is 0 Å². The summed E-state index contributed by atoms with van der Waals surface area (Å²) in [4.78, 5) is 2.28. The van der Waals surface area contributed by atoms with E-state index in [2.05, 4.69) is 62.5 Å². The van der Waals surface area contributed by atoms with Crippen LogP contribution in [0.25, 0.3) is 0 Å². The molecule has 0 heterocycles. The summed E-state index contributed by atoms with van der Waals surface area (Å²) in [5.41, 5.74) is 2.34. The first kappa shape index (κ1) is 16.7. The molecular weight excluding hydrogens is 276 g/mol. The molecule has 0 saturated heterocycles. The molecule has 108 valence electrons. The van der Waals surface area contributed by atoms with Crippen molar-refractivity contribution in [1.29, 1.82) is 0 Å². The van der Waals surface area contributed by atoms with Crippen molar-refractivity contribution in [1.82, 2.24) is 5.32 Å². The molecule has 0 radical (unpaired) electrons. The van der Waals surface area contributed by atoms with Gasteiger partial charge in [0.15, 0.2) is 0 Å². The van der Waals surface area contributed by atoms with Gasteiger partial charge in [0.2, 0.25) is 0 Å². The lowest BCUT2D eigenvalue weighted by molar-refractivity contribution is 0.589. The van der Waals surface area contributed by atoms with E-state index in [4.69, 9.17) is 11.6 Å². The lowest BCUT2D eigenvalue weighted by Crippen LogP contribution is -2.30. The van der Waals surface area contributed by atoms with E-state index < -0.39 is 0 Å². The van der Waals surface area contributed by atoms with Gasteiger partial charge in [0, 0.05) is 42.1 Å². The van der Waals surface area contributed by atoms with E-state index in [9.17, 15) is 0 Å². The molecule has 0 aromatic heterocycles. The van der Waals surface area contributed by atoms with Gasteiger partial charge in [-0.1, -0.05) is 31.5 Å². The van der Waals surface area contributed by atoms with Crippen LogP contribution >= 0.6 is 23.4 Å². The minimum Gasteiger partial charge on any atom is -0.371 e. The number of nitrogens with one attached hydrogen (secondary N) is 1. The van der Waals surface area contributed by atoms with Gasteiger partial charge in [-0.15, -0.1) is 0 Å². The summed E-state index contributed by atoms with van der Waals surface area (Å²) in [5.74, 6) is 1.12. The fraction of sp³-hybridized carbons (Fsp3) is 0.600. The largest absolute Gasteiger partial charge is 0.371 e. The zero-order valence-corrected chi connectivity index (χ0v) is 14.1. The maximum atomic E-state index is 6.37. The Balaban J connectivity index is 2.75. The number of benzene rings is 1. The van der Waals surface area contributed by atoms with E-state index in [1.165, 1.54) is 5.69 Å². The second kappa shape index (κ2) is 8.03. The molecule has 0 amide bonds. The Labute approximate surface area is 126 Å². The molecule has 0 aliphatic carbocycles. The number of nitrogens with zero attached hydrogens (tertiary/aromatic N) is 1. The van der Waals surface area contributed by atoms with Crippen LogP contribution in [0.3, 0.4) is 0 Å². The van der Waals surface area contributed by atoms with Gasteiger partial charge in [0.05, 0.1) is 0 Å². The maximum Gasteiger partial charge on any atom is 0.0471 e. The number of anilines is 1. The van der Waals surface area contributed by atoms with Crippen LogP contribution in [-0.4, -0.2) is 31.1 Å². The van der Waals surface area contributed by atoms with E-state index in [1.807, 2.05) is 11.8 Å². The van der Waals surface area contributed by atoms with Gasteiger partial charge < -0.3 is 10.2 Å². The summed E-state index contributed by atoms with van der Waals surface area (Å²) in [6.45, 7) is 7.33. The predicted molar refractivity (Wildman–Crippen MR) is 89.7 cm³/mol. The lowest BCUT2D eigenvalue weighted by Gasteiger charge is -2.27. The molecule has 0 fully saturated rings. The van der Waals surface area contributed by atoms with E-state index >= 15 is 0 Å². The van der Waals surface area contributed by atoms with Crippen LogP contribution in [0.4, 0.5) is 5.69 Å². The molecule has 1 aromatic carbocycles. The third-order valence-corrected chi connectivity index (χ3v) is 4.38. The lowest BCUT2D eigenvalue weighted by atomic mass is 10.1. The van der Waals surface area contributed by atoms with Crippen LogP contribution < -0.4 is 10.2 Å². The van der Waals surface area contributed by atoms with Gasteiger partial charge in [-0.25, -0.2) is 0 Å². The fourth-order valence-corrected chi connectivity index (χ4v) is 2.77. The third-order valence-electron chi connectivity index (χ3n) is 3.21. The number of thioether (sulfide) groups is 1. The number of halogens is 1. The second-order valence-corrected chi connectivity index (χ2v) is 6.54. The van der Waals surface area contributed by atoms with Gasteiger partial charge in [-0.3, -0.25) is 0 Å². The highest BCUT2D eigenvalue weighted by atomic mass is 35.5. The van der Waals surface area contributed by atoms with Gasteiger partial charge in [-0.2, -0.15) is 11.8 Å². The Bertz CT molecular complexity index is 396. The first-order valence-corrected chi connectivity index (χ1v) is 8.46. The normalized spacial score (nSPS) is 12.8. The molecule has 1 N–H and O–H groups in total. The highest BCUT2D eigenvalue weighted by molar-refractivity contribution is 7.98. The molecular formula is C15H25ClN2S. The molecule has 0 bridgehead atoms. The minimum absolute atomic E-state index is 0.472. The summed E-state index contributed by atoms with van der Waals surface area (Å²) in [6, 6.07) is 7.32. The number of hydrogen-bond acceptors (Lipinski definition) is 3. The van der Waals surface area contributed by atoms with Gasteiger partial charge in [-0.05, 0) is 30.9 Å². The predicted octanol–water partition coefficient (Wildman–Crippen LogP) is 4.03. The monoisotopic (exact) mass is 300 g/mol. The zero-order chi connectivity index (χ0) is 14.4.